The number of nitrogens with one attached hydrogen (secondary N) is 1. The molecule has 0 saturated carbocycles. The summed E-state index contributed by atoms with van der Waals surface area (Å²) in [6, 6.07) is 8.37. The molecule has 2 aromatic rings. The van der Waals surface area contributed by atoms with Crippen LogP contribution in [0.25, 0.3) is 0 Å². The second-order valence-corrected chi connectivity index (χ2v) is 3.89. The molecule has 0 atom stereocenters. The van der Waals surface area contributed by atoms with Crippen LogP contribution in [0.3, 0.4) is 0 Å². The molecule has 0 unspecified atom stereocenters. The van der Waals surface area contributed by atoms with Crippen molar-refractivity contribution in [3.8, 4) is 0 Å². The molecule has 5 nitrogen and oxygen atoms in total. The number of aromatic nitrogens is 1. The standard InChI is InChI=1S/C11H10ClN3O2/c12-10-4-3-9(11(7-10)15(16)17)8-13-14-5-1-2-6-14/h1-7,13H,8H2. The van der Waals surface area contributed by atoms with E-state index in [-0.39, 0.29) is 5.69 Å². The number of nitrogens with zero attached hydrogens (tertiary/aromatic N) is 2. The van der Waals surface area contributed by atoms with Gasteiger partial charge in [-0.05, 0) is 24.3 Å². The second-order valence-electron chi connectivity index (χ2n) is 3.46. The molecule has 0 amide bonds. The molecule has 0 spiro atoms. The van der Waals surface area contributed by atoms with E-state index < -0.39 is 4.92 Å². The third-order valence-electron chi connectivity index (χ3n) is 2.30. The number of hydrogen-bond acceptors (Lipinski definition) is 3. The summed E-state index contributed by atoms with van der Waals surface area (Å²) in [4.78, 5) is 10.4. The molecule has 0 bridgehead atoms. The van der Waals surface area contributed by atoms with Crippen molar-refractivity contribution < 1.29 is 4.92 Å². The van der Waals surface area contributed by atoms with Crippen LogP contribution in [0.4, 0.5) is 5.69 Å². The van der Waals surface area contributed by atoms with E-state index in [1.54, 1.807) is 16.8 Å². The van der Waals surface area contributed by atoms with Crippen molar-refractivity contribution in [2.75, 3.05) is 5.43 Å². The lowest BCUT2D eigenvalue weighted by molar-refractivity contribution is -0.385. The molecular formula is C11H10ClN3O2. The van der Waals surface area contributed by atoms with Crippen LogP contribution >= 0.6 is 11.6 Å². The molecule has 1 aromatic carbocycles. The molecule has 1 N–H and O–H groups in total. The molecule has 17 heavy (non-hydrogen) atoms. The quantitative estimate of drug-likeness (QED) is 0.671. The first kappa shape index (κ1) is 11.5. The van der Waals surface area contributed by atoms with Gasteiger partial charge in [0.25, 0.3) is 5.69 Å². The number of nitro benzene ring substituents is 1. The van der Waals surface area contributed by atoms with E-state index in [0.717, 1.165) is 0 Å². The minimum atomic E-state index is -0.432. The molecule has 1 aromatic heterocycles. The van der Waals surface area contributed by atoms with Crippen molar-refractivity contribution in [3.05, 3.63) is 63.4 Å². The maximum atomic E-state index is 10.8. The van der Waals surface area contributed by atoms with Crippen LogP contribution < -0.4 is 5.43 Å². The zero-order valence-corrected chi connectivity index (χ0v) is 9.59. The van der Waals surface area contributed by atoms with Gasteiger partial charge in [-0.15, -0.1) is 0 Å². The van der Waals surface area contributed by atoms with Gasteiger partial charge in [0.1, 0.15) is 0 Å². The van der Waals surface area contributed by atoms with E-state index >= 15 is 0 Å². The SMILES string of the molecule is O=[N+]([O-])c1cc(Cl)ccc1CNn1cccc1. The first-order valence-electron chi connectivity index (χ1n) is 4.96. The van der Waals surface area contributed by atoms with Gasteiger partial charge in [0.05, 0.1) is 17.0 Å². The van der Waals surface area contributed by atoms with Crippen molar-refractivity contribution >= 4 is 17.3 Å². The van der Waals surface area contributed by atoms with Crippen LogP contribution in [-0.4, -0.2) is 9.60 Å². The molecule has 2 rings (SSSR count). The summed E-state index contributed by atoms with van der Waals surface area (Å²) in [7, 11) is 0. The van der Waals surface area contributed by atoms with Crippen LogP contribution in [0.1, 0.15) is 5.56 Å². The summed E-state index contributed by atoms with van der Waals surface area (Å²) >= 11 is 5.73. The third-order valence-corrected chi connectivity index (χ3v) is 2.54. The van der Waals surface area contributed by atoms with Gasteiger partial charge in [0.15, 0.2) is 0 Å². The Balaban J connectivity index is 2.17. The highest BCUT2D eigenvalue weighted by molar-refractivity contribution is 6.30. The van der Waals surface area contributed by atoms with Gasteiger partial charge < -0.3 is 5.43 Å². The lowest BCUT2D eigenvalue weighted by Gasteiger charge is -2.08. The van der Waals surface area contributed by atoms with Crippen LogP contribution in [0, 0.1) is 10.1 Å². The predicted octanol–water partition coefficient (Wildman–Crippen LogP) is 2.79. The summed E-state index contributed by atoms with van der Waals surface area (Å²) in [5.74, 6) is 0. The summed E-state index contributed by atoms with van der Waals surface area (Å²) < 4.78 is 1.73. The lowest BCUT2D eigenvalue weighted by atomic mass is 10.2. The van der Waals surface area contributed by atoms with Crippen molar-refractivity contribution in [1.29, 1.82) is 0 Å². The molecule has 0 aliphatic carbocycles. The topological polar surface area (TPSA) is 60.1 Å². The van der Waals surface area contributed by atoms with Crippen molar-refractivity contribution in [2.45, 2.75) is 6.54 Å². The molecule has 88 valence electrons. The fourth-order valence-corrected chi connectivity index (χ4v) is 1.64. The van der Waals surface area contributed by atoms with Gasteiger partial charge in [-0.3, -0.25) is 14.8 Å². The zero-order chi connectivity index (χ0) is 12.3. The largest absolute Gasteiger partial charge is 0.322 e. The number of hydrogen-bond donors (Lipinski definition) is 1. The van der Waals surface area contributed by atoms with E-state index in [9.17, 15) is 10.1 Å². The Bertz CT molecular complexity index is 526. The molecule has 6 heteroatoms. The highest BCUT2D eigenvalue weighted by Gasteiger charge is 2.13. The predicted molar refractivity (Wildman–Crippen MR) is 65.6 cm³/mol. The Kier molecular flexibility index (Phi) is 3.30. The highest BCUT2D eigenvalue weighted by atomic mass is 35.5. The number of halogens is 1. The fraction of sp³-hybridized carbons (Fsp3) is 0.0909. The Morgan fingerprint density at radius 3 is 2.71 bits per heavy atom. The third kappa shape index (κ3) is 2.76. The average Bonchev–Trinajstić information content (AvgIpc) is 2.80. The van der Waals surface area contributed by atoms with Crippen molar-refractivity contribution in [1.82, 2.24) is 4.68 Å². The summed E-state index contributed by atoms with van der Waals surface area (Å²) in [6.45, 7) is 0.363. The summed E-state index contributed by atoms with van der Waals surface area (Å²) in [5, 5.41) is 11.2. The monoisotopic (exact) mass is 251 g/mol. The average molecular weight is 252 g/mol. The smallest absolute Gasteiger partial charge is 0.275 e. The molecular weight excluding hydrogens is 242 g/mol. The Hall–Kier alpha value is -2.01. The molecule has 0 aliphatic heterocycles. The van der Waals surface area contributed by atoms with E-state index in [0.29, 0.717) is 17.1 Å². The van der Waals surface area contributed by atoms with E-state index in [2.05, 4.69) is 5.43 Å². The first-order valence-corrected chi connectivity index (χ1v) is 5.34. The van der Waals surface area contributed by atoms with Crippen molar-refractivity contribution in [2.24, 2.45) is 0 Å². The van der Waals surface area contributed by atoms with Gasteiger partial charge in [-0.25, -0.2) is 0 Å². The van der Waals surface area contributed by atoms with E-state index in [4.69, 9.17) is 11.6 Å². The van der Waals surface area contributed by atoms with E-state index in [1.807, 2.05) is 24.5 Å². The molecule has 1 heterocycles. The summed E-state index contributed by atoms with van der Waals surface area (Å²) in [5.41, 5.74) is 3.64. The molecule has 0 saturated heterocycles. The molecule has 0 aliphatic rings. The Morgan fingerprint density at radius 1 is 1.35 bits per heavy atom. The van der Waals surface area contributed by atoms with Crippen LogP contribution in [0.2, 0.25) is 5.02 Å². The van der Waals surface area contributed by atoms with Crippen LogP contribution in [0.15, 0.2) is 42.7 Å². The van der Waals surface area contributed by atoms with Gasteiger partial charge in [-0.2, -0.15) is 0 Å². The van der Waals surface area contributed by atoms with Gasteiger partial charge in [-0.1, -0.05) is 11.6 Å². The normalized spacial score (nSPS) is 10.2. The second kappa shape index (κ2) is 4.88. The Labute approximate surface area is 103 Å². The van der Waals surface area contributed by atoms with Crippen LogP contribution in [0.5, 0.6) is 0 Å². The number of nitro groups is 1. The van der Waals surface area contributed by atoms with Crippen molar-refractivity contribution in [3.63, 3.8) is 0 Å². The molecule has 0 radical (unpaired) electrons. The van der Waals surface area contributed by atoms with Gasteiger partial charge >= 0.3 is 0 Å². The fourth-order valence-electron chi connectivity index (χ4n) is 1.47. The minimum absolute atomic E-state index is 0.0251. The first-order chi connectivity index (χ1) is 8.16. The maximum absolute atomic E-state index is 10.8. The van der Waals surface area contributed by atoms with Crippen LogP contribution in [-0.2, 0) is 6.54 Å². The minimum Gasteiger partial charge on any atom is -0.322 e. The summed E-state index contributed by atoms with van der Waals surface area (Å²) in [6.07, 6.45) is 3.64. The number of benzene rings is 1. The maximum Gasteiger partial charge on any atom is 0.275 e. The zero-order valence-electron chi connectivity index (χ0n) is 8.84. The lowest BCUT2D eigenvalue weighted by Crippen LogP contribution is -2.12. The van der Waals surface area contributed by atoms with Gasteiger partial charge in [0, 0.05) is 23.5 Å². The highest BCUT2D eigenvalue weighted by Crippen LogP contribution is 2.23. The number of rotatable bonds is 4. The molecule has 0 fully saturated rings. The Morgan fingerprint density at radius 2 is 2.06 bits per heavy atom. The van der Waals surface area contributed by atoms with E-state index in [1.165, 1.54) is 6.07 Å². The van der Waals surface area contributed by atoms with Gasteiger partial charge in [0.2, 0.25) is 0 Å².